The van der Waals surface area contributed by atoms with Crippen LogP contribution in [0, 0.1) is 0 Å². The van der Waals surface area contributed by atoms with Crippen LogP contribution < -0.4 is 0 Å². The van der Waals surface area contributed by atoms with Gasteiger partial charge in [0.05, 0.1) is 0 Å². The van der Waals surface area contributed by atoms with Gasteiger partial charge in [-0.3, -0.25) is 0 Å². The van der Waals surface area contributed by atoms with Crippen LogP contribution in [0.3, 0.4) is 0 Å². The Morgan fingerprint density at radius 1 is 1.15 bits per heavy atom. The molecule has 0 aliphatic carbocycles. The zero-order valence-corrected chi connectivity index (χ0v) is 6.65. The van der Waals surface area contributed by atoms with Gasteiger partial charge in [0.15, 0.2) is 0 Å². The smallest absolute Gasteiger partial charge is 0.291 e. The molecular weight excluding hydrogens is 176 g/mol. The lowest BCUT2D eigenvalue weighted by Gasteiger charge is -2.02. The third-order valence-corrected chi connectivity index (χ3v) is 1.70. The highest BCUT2D eigenvalue weighted by Gasteiger charge is 2.30. The third-order valence-electron chi connectivity index (χ3n) is 1.70. The largest absolute Gasteiger partial charge is 0.438 e. The van der Waals surface area contributed by atoms with Crippen LogP contribution in [-0.2, 0) is 4.74 Å². The van der Waals surface area contributed by atoms with Crippen LogP contribution in [0.4, 0.5) is 8.78 Å². The summed E-state index contributed by atoms with van der Waals surface area (Å²) >= 11 is 0. The summed E-state index contributed by atoms with van der Waals surface area (Å²) in [5.74, 6) is 0.0283. The molecule has 2 unspecified atom stereocenters. The number of halogens is 2. The van der Waals surface area contributed by atoms with Gasteiger partial charge in [-0.2, -0.15) is 4.39 Å². The van der Waals surface area contributed by atoms with Crippen LogP contribution in [-0.4, -0.2) is 18.6 Å². The minimum atomic E-state index is -1.96. The topological polar surface area (TPSA) is 21.6 Å². The fourth-order valence-corrected chi connectivity index (χ4v) is 1.09. The van der Waals surface area contributed by atoms with Crippen molar-refractivity contribution >= 4 is 5.90 Å². The van der Waals surface area contributed by atoms with Gasteiger partial charge in [0.1, 0.15) is 0 Å². The van der Waals surface area contributed by atoms with E-state index in [4.69, 9.17) is 0 Å². The van der Waals surface area contributed by atoms with Crippen molar-refractivity contribution in [3.05, 3.63) is 35.9 Å². The number of alkyl halides is 2. The first-order valence-electron chi connectivity index (χ1n) is 3.85. The summed E-state index contributed by atoms with van der Waals surface area (Å²) in [6, 6.07) is 8.67. The van der Waals surface area contributed by atoms with E-state index in [1.54, 1.807) is 30.3 Å². The van der Waals surface area contributed by atoms with E-state index >= 15 is 0 Å². The van der Waals surface area contributed by atoms with E-state index in [0.717, 1.165) is 0 Å². The van der Waals surface area contributed by atoms with Crippen molar-refractivity contribution in [2.75, 3.05) is 0 Å². The van der Waals surface area contributed by atoms with Crippen molar-refractivity contribution < 1.29 is 13.5 Å². The minimum Gasteiger partial charge on any atom is -0.438 e. The van der Waals surface area contributed by atoms with Crippen molar-refractivity contribution in [3.63, 3.8) is 0 Å². The maximum absolute atomic E-state index is 12.6. The summed E-state index contributed by atoms with van der Waals surface area (Å²) in [7, 11) is 0. The van der Waals surface area contributed by atoms with Crippen LogP contribution in [0.25, 0.3) is 0 Å². The molecule has 2 nitrogen and oxygen atoms in total. The normalized spacial score (nSPS) is 26.8. The van der Waals surface area contributed by atoms with Gasteiger partial charge in [0, 0.05) is 5.56 Å². The third kappa shape index (κ3) is 1.52. The fourth-order valence-electron chi connectivity index (χ4n) is 1.09. The molecule has 2 atom stereocenters. The van der Waals surface area contributed by atoms with Crippen molar-refractivity contribution in [2.24, 2.45) is 4.99 Å². The van der Waals surface area contributed by atoms with E-state index in [1.165, 1.54) is 0 Å². The van der Waals surface area contributed by atoms with E-state index in [9.17, 15) is 8.78 Å². The second-order valence-corrected chi connectivity index (χ2v) is 2.64. The molecule has 0 fully saturated rings. The van der Waals surface area contributed by atoms with Crippen molar-refractivity contribution in [1.29, 1.82) is 0 Å². The molecule has 4 heteroatoms. The Balaban J connectivity index is 2.25. The van der Waals surface area contributed by atoms with Gasteiger partial charge in [0.2, 0.25) is 5.90 Å². The molecule has 0 aromatic heterocycles. The standard InChI is InChI=1S/C9H7F2NO/c10-7-8(11)13-9(12-7)6-4-2-1-3-5-6/h1-5,7-8H. The predicted octanol–water partition coefficient (Wildman–Crippen LogP) is 2.05. The van der Waals surface area contributed by atoms with Gasteiger partial charge in [0.25, 0.3) is 12.7 Å². The molecule has 0 amide bonds. The van der Waals surface area contributed by atoms with E-state index in [1.807, 2.05) is 0 Å². The molecule has 1 aromatic carbocycles. The molecule has 0 spiro atoms. The highest BCUT2D eigenvalue weighted by atomic mass is 19.2. The molecular formula is C9H7F2NO. The minimum absolute atomic E-state index is 0.0283. The number of aliphatic imine (C=N–C) groups is 1. The lowest BCUT2D eigenvalue weighted by atomic mass is 10.2. The average molecular weight is 183 g/mol. The number of nitrogens with zero attached hydrogens (tertiary/aromatic N) is 1. The van der Waals surface area contributed by atoms with E-state index in [2.05, 4.69) is 9.73 Å². The lowest BCUT2D eigenvalue weighted by Crippen LogP contribution is -2.12. The Hall–Kier alpha value is -1.45. The molecule has 0 N–H and O–H groups in total. The van der Waals surface area contributed by atoms with Crippen molar-refractivity contribution in [1.82, 2.24) is 0 Å². The summed E-state index contributed by atoms with van der Waals surface area (Å²) < 4.78 is 29.7. The van der Waals surface area contributed by atoms with Gasteiger partial charge in [-0.1, -0.05) is 18.2 Å². The Bertz CT molecular complexity index is 326. The van der Waals surface area contributed by atoms with E-state index in [-0.39, 0.29) is 5.90 Å². The van der Waals surface area contributed by atoms with Crippen LogP contribution in [0.1, 0.15) is 5.56 Å². The van der Waals surface area contributed by atoms with Crippen LogP contribution in [0.2, 0.25) is 0 Å². The highest BCUT2D eigenvalue weighted by Crippen LogP contribution is 2.19. The molecule has 1 aliphatic rings. The zero-order chi connectivity index (χ0) is 9.26. The fraction of sp³-hybridized carbons (Fsp3) is 0.222. The molecule has 0 radical (unpaired) electrons. The summed E-state index contributed by atoms with van der Waals surface area (Å²) in [6.07, 6.45) is -3.86. The predicted molar refractivity (Wildman–Crippen MR) is 43.9 cm³/mol. The number of hydrogen-bond donors (Lipinski definition) is 0. The molecule has 0 bridgehead atoms. The molecule has 1 heterocycles. The monoisotopic (exact) mass is 183 g/mol. The Kier molecular flexibility index (Phi) is 1.96. The van der Waals surface area contributed by atoms with Crippen molar-refractivity contribution in [2.45, 2.75) is 12.7 Å². The van der Waals surface area contributed by atoms with Gasteiger partial charge < -0.3 is 4.74 Å². The first-order valence-corrected chi connectivity index (χ1v) is 3.85. The lowest BCUT2D eigenvalue weighted by molar-refractivity contribution is 0.0144. The maximum atomic E-state index is 12.6. The van der Waals surface area contributed by atoms with Crippen LogP contribution in [0.15, 0.2) is 35.3 Å². The average Bonchev–Trinajstić information content (AvgIpc) is 2.49. The summed E-state index contributed by atoms with van der Waals surface area (Å²) in [5, 5.41) is 0. The number of hydrogen-bond acceptors (Lipinski definition) is 2. The highest BCUT2D eigenvalue weighted by molar-refractivity contribution is 5.95. The molecule has 13 heavy (non-hydrogen) atoms. The van der Waals surface area contributed by atoms with Crippen LogP contribution in [0.5, 0.6) is 0 Å². The van der Waals surface area contributed by atoms with Crippen LogP contribution >= 0.6 is 0 Å². The number of ether oxygens (including phenoxy) is 1. The Morgan fingerprint density at radius 2 is 1.85 bits per heavy atom. The Morgan fingerprint density at radius 3 is 2.38 bits per heavy atom. The molecule has 1 aromatic rings. The summed E-state index contributed by atoms with van der Waals surface area (Å²) in [5.41, 5.74) is 0.588. The molecule has 2 rings (SSSR count). The number of benzene rings is 1. The number of rotatable bonds is 1. The Labute approximate surface area is 73.9 Å². The second-order valence-electron chi connectivity index (χ2n) is 2.64. The van der Waals surface area contributed by atoms with Gasteiger partial charge in [-0.25, -0.2) is 9.38 Å². The molecule has 0 saturated heterocycles. The van der Waals surface area contributed by atoms with E-state index in [0.29, 0.717) is 5.56 Å². The summed E-state index contributed by atoms with van der Waals surface area (Å²) in [4.78, 5) is 3.39. The first-order chi connectivity index (χ1) is 6.27. The molecule has 1 aliphatic heterocycles. The summed E-state index contributed by atoms with van der Waals surface area (Å²) in [6.45, 7) is 0. The van der Waals surface area contributed by atoms with E-state index < -0.39 is 12.7 Å². The maximum Gasteiger partial charge on any atom is 0.291 e. The zero-order valence-electron chi connectivity index (χ0n) is 6.65. The molecule has 0 saturated carbocycles. The first kappa shape index (κ1) is 8.16. The van der Waals surface area contributed by atoms with Gasteiger partial charge in [-0.05, 0) is 12.1 Å². The second kappa shape index (κ2) is 3.12. The quantitative estimate of drug-likeness (QED) is 0.610. The van der Waals surface area contributed by atoms with Gasteiger partial charge >= 0.3 is 0 Å². The molecule has 68 valence electrons. The van der Waals surface area contributed by atoms with Gasteiger partial charge in [-0.15, -0.1) is 0 Å². The van der Waals surface area contributed by atoms with Crippen molar-refractivity contribution in [3.8, 4) is 0 Å². The SMILES string of the molecule is FC1N=C(c2ccccc2)OC1F.